The highest BCUT2D eigenvalue weighted by atomic mass is 16.5. The molecule has 2 aromatic carbocycles. The van der Waals surface area contributed by atoms with E-state index < -0.39 is 11.9 Å². The van der Waals surface area contributed by atoms with E-state index in [2.05, 4.69) is 5.32 Å². The molecule has 1 atom stereocenters. The molecule has 1 aliphatic heterocycles. The van der Waals surface area contributed by atoms with Crippen molar-refractivity contribution in [3.05, 3.63) is 82.1 Å². The maximum absolute atomic E-state index is 13.4. The molecule has 148 valence electrons. The zero-order valence-corrected chi connectivity index (χ0v) is 16.7. The van der Waals surface area contributed by atoms with Crippen molar-refractivity contribution < 1.29 is 19.1 Å². The minimum atomic E-state index is -0.562. The van der Waals surface area contributed by atoms with E-state index in [1.165, 1.54) is 0 Å². The molecule has 4 rings (SSSR count). The van der Waals surface area contributed by atoms with Crippen LogP contribution in [0.3, 0.4) is 0 Å². The van der Waals surface area contributed by atoms with E-state index in [4.69, 9.17) is 9.47 Å². The van der Waals surface area contributed by atoms with Gasteiger partial charge in [-0.3, -0.25) is 4.79 Å². The van der Waals surface area contributed by atoms with Crippen molar-refractivity contribution in [3.63, 3.8) is 0 Å². The summed E-state index contributed by atoms with van der Waals surface area (Å²) >= 11 is 0. The second-order valence-electron chi connectivity index (χ2n) is 6.95. The van der Waals surface area contributed by atoms with Crippen LogP contribution in [0.1, 0.15) is 48.2 Å². The van der Waals surface area contributed by atoms with Gasteiger partial charge in [0.2, 0.25) is 0 Å². The molecule has 5 heteroatoms. The van der Waals surface area contributed by atoms with Crippen LogP contribution >= 0.6 is 0 Å². The third kappa shape index (κ3) is 3.03. The van der Waals surface area contributed by atoms with Gasteiger partial charge in [-0.25, -0.2) is 4.79 Å². The highest BCUT2D eigenvalue weighted by Crippen LogP contribution is 2.48. The predicted molar refractivity (Wildman–Crippen MR) is 111 cm³/mol. The number of nitrogens with one attached hydrogen (secondary N) is 1. The van der Waals surface area contributed by atoms with Crippen LogP contribution < -0.4 is 10.1 Å². The smallest absolute Gasteiger partial charge is 0.336 e. The van der Waals surface area contributed by atoms with Gasteiger partial charge in [0.15, 0.2) is 5.78 Å². The summed E-state index contributed by atoms with van der Waals surface area (Å²) in [5.74, 6) is -0.405. The van der Waals surface area contributed by atoms with Crippen molar-refractivity contribution >= 4 is 17.4 Å². The van der Waals surface area contributed by atoms with Crippen LogP contribution in [0.25, 0.3) is 5.70 Å². The van der Waals surface area contributed by atoms with E-state index in [1.807, 2.05) is 62.4 Å². The molecule has 5 nitrogen and oxygen atoms in total. The maximum Gasteiger partial charge on any atom is 0.336 e. The Morgan fingerprint density at radius 2 is 1.69 bits per heavy atom. The summed E-state index contributed by atoms with van der Waals surface area (Å²) in [5.41, 5.74) is 4.73. The lowest BCUT2D eigenvalue weighted by molar-refractivity contribution is -0.138. The molecule has 0 amide bonds. The topological polar surface area (TPSA) is 64.6 Å². The molecule has 0 bridgehead atoms. The number of rotatable bonds is 5. The van der Waals surface area contributed by atoms with Gasteiger partial charge in [0.25, 0.3) is 0 Å². The number of dihydropyridines is 1. The second-order valence-corrected chi connectivity index (χ2v) is 6.95. The highest BCUT2D eigenvalue weighted by Gasteiger charge is 2.43. The van der Waals surface area contributed by atoms with E-state index >= 15 is 0 Å². The van der Waals surface area contributed by atoms with Gasteiger partial charge < -0.3 is 14.8 Å². The molecule has 1 N–H and O–H groups in total. The van der Waals surface area contributed by atoms with Crippen LogP contribution in [0.2, 0.25) is 0 Å². The molecule has 0 saturated heterocycles. The molecule has 29 heavy (non-hydrogen) atoms. The van der Waals surface area contributed by atoms with Gasteiger partial charge in [0, 0.05) is 28.0 Å². The summed E-state index contributed by atoms with van der Waals surface area (Å²) in [7, 11) is 0. The number of para-hydroxylation sites is 1. The molecule has 0 saturated carbocycles. The first-order valence-corrected chi connectivity index (χ1v) is 9.83. The van der Waals surface area contributed by atoms with Crippen molar-refractivity contribution in [2.24, 2.45) is 0 Å². The molecule has 0 aromatic heterocycles. The molecule has 0 unspecified atom stereocenters. The van der Waals surface area contributed by atoms with Gasteiger partial charge >= 0.3 is 5.97 Å². The summed E-state index contributed by atoms with van der Waals surface area (Å²) in [5, 5.41) is 3.30. The number of ketones is 1. The number of benzene rings is 2. The third-order valence-corrected chi connectivity index (χ3v) is 5.27. The fourth-order valence-corrected chi connectivity index (χ4v) is 4.13. The summed E-state index contributed by atoms with van der Waals surface area (Å²) in [4.78, 5) is 26.3. The molecule has 1 heterocycles. The Hall–Kier alpha value is -3.34. The zero-order chi connectivity index (χ0) is 20.5. The average Bonchev–Trinajstić information content (AvgIpc) is 3.00. The van der Waals surface area contributed by atoms with Gasteiger partial charge in [-0.1, -0.05) is 42.5 Å². The lowest BCUT2D eigenvalue weighted by Gasteiger charge is -2.30. The van der Waals surface area contributed by atoms with Gasteiger partial charge in [0.1, 0.15) is 5.75 Å². The lowest BCUT2D eigenvalue weighted by Crippen LogP contribution is -2.29. The molecular formula is C24H23NO4. The summed E-state index contributed by atoms with van der Waals surface area (Å²) in [6.45, 7) is 6.27. The van der Waals surface area contributed by atoms with Crippen molar-refractivity contribution in [1.82, 2.24) is 5.32 Å². The number of ether oxygens (including phenoxy) is 2. The van der Waals surface area contributed by atoms with Gasteiger partial charge in [0.05, 0.1) is 30.4 Å². The summed E-state index contributed by atoms with van der Waals surface area (Å²) in [6, 6.07) is 15.1. The Kier molecular flexibility index (Phi) is 4.97. The number of allylic oxidation sites excluding steroid dienone is 2. The number of hydrogen-bond acceptors (Lipinski definition) is 5. The van der Waals surface area contributed by atoms with E-state index in [9.17, 15) is 9.59 Å². The first-order valence-electron chi connectivity index (χ1n) is 9.83. The number of fused-ring (bicyclic) bond motifs is 2. The maximum atomic E-state index is 13.4. The van der Waals surface area contributed by atoms with Crippen LogP contribution in [0, 0.1) is 0 Å². The van der Waals surface area contributed by atoms with Crippen molar-refractivity contribution in [2.75, 3.05) is 13.2 Å². The van der Waals surface area contributed by atoms with Crippen molar-refractivity contribution in [2.45, 2.75) is 26.7 Å². The Morgan fingerprint density at radius 3 is 2.41 bits per heavy atom. The molecule has 1 aliphatic carbocycles. The molecule has 0 spiro atoms. The quantitative estimate of drug-likeness (QED) is 0.776. The minimum Gasteiger partial charge on any atom is -0.494 e. The van der Waals surface area contributed by atoms with Crippen LogP contribution in [0.15, 0.2) is 65.4 Å². The van der Waals surface area contributed by atoms with Crippen molar-refractivity contribution in [3.8, 4) is 5.75 Å². The van der Waals surface area contributed by atoms with Crippen molar-refractivity contribution in [1.29, 1.82) is 0 Å². The fourth-order valence-electron chi connectivity index (χ4n) is 4.13. The van der Waals surface area contributed by atoms with Crippen LogP contribution in [-0.4, -0.2) is 25.0 Å². The highest BCUT2D eigenvalue weighted by molar-refractivity contribution is 6.23. The number of Topliss-reactive ketones (excluding diaryl/α,β-unsaturated/α-hetero) is 1. The Morgan fingerprint density at radius 1 is 1.00 bits per heavy atom. The monoisotopic (exact) mass is 389 g/mol. The predicted octanol–water partition coefficient (Wildman–Crippen LogP) is 4.22. The normalized spacial score (nSPS) is 17.6. The average molecular weight is 389 g/mol. The zero-order valence-electron chi connectivity index (χ0n) is 16.7. The SMILES string of the molecule is CCOC(=O)C1=C(C)NC2=C(C(=O)c3ccccc32)[C@H]1c1ccccc1OCC. The molecular weight excluding hydrogens is 366 g/mol. The van der Waals surface area contributed by atoms with E-state index in [0.717, 1.165) is 16.8 Å². The second kappa shape index (κ2) is 7.59. The van der Waals surface area contributed by atoms with Gasteiger partial charge in [-0.2, -0.15) is 0 Å². The standard InChI is InChI=1S/C24H23NO4/c1-4-28-18-13-9-8-12-17(18)20-19(24(27)29-5-2)14(3)25-22-15-10-6-7-11-16(15)23(26)21(20)22/h6-13,20,25H,4-5H2,1-3H3/t20-/m0/s1. The first kappa shape index (κ1) is 19.0. The molecule has 0 radical (unpaired) electrons. The van der Waals surface area contributed by atoms with Crippen LogP contribution in [0.4, 0.5) is 0 Å². The van der Waals surface area contributed by atoms with E-state index in [-0.39, 0.29) is 12.4 Å². The number of carbonyl (C=O) groups is 2. The van der Waals surface area contributed by atoms with E-state index in [1.54, 1.807) is 6.92 Å². The first-order chi connectivity index (χ1) is 14.1. The Balaban J connectivity index is 1.95. The summed E-state index contributed by atoms with van der Waals surface area (Å²) in [6.07, 6.45) is 0. The lowest BCUT2D eigenvalue weighted by atomic mass is 9.79. The summed E-state index contributed by atoms with van der Waals surface area (Å²) < 4.78 is 11.2. The van der Waals surface area contributed by atoms with E-state index in [0.29, 0.717) is 34.8 Å². The van der Waals surface area contributed by atoms with Crippen LogP contribution in [0.5, 0.6) is 5.75 Å². The fraction of sp³-hybridized carbons (Fsp3) is 0.250. The minimum absolute atomic E-state index is 0.0753. The molecule has 2 aromatic rings. The largest absolute Gasteiger partial charge is 0.494 e. The Labute approximate surface area is 170 Å². The molecule has 0 fully saturated rings. The third-order valence-electron chi connectivity index (χ3n) is 5.27. The number of esters is 1. The number of hydrogen-bond donors (Lipinski definition) is 1. The van der Waals surface area contributed by atoms with Gasteiger partial charge in [-0.05, 0) is 26.8 Å². The molecule has 2 aliphatic rings. The van der Waals surface area contributed by atoms with Crippen LogP contribution in [-0.2, 0) is 9.53 Å². The van der Waals surface area contributed by atoms with Gasteiger partial charge in [-0.15, -0.1) is 0 Å². The number of carbonyl (C=O) groups excluding carboxylic acids is 2. The Bertz CT molecular complexity index is 1060.